The van der Waals surface area contributed by atoms with Crippen LogP contribution >= 0.6 is 0 Å². The summed E-state index contributed by atoms with van der Waals surface area (Å²) in [5.41, 5.74) is 12.3. The molecule has 0 aliphatic rings. The molecule has 11 N–H and O–H groups in total. The second kappa shape index (κ2) is 16.2. The summed E-state index contributed by atoms with van der Waals surface area (Å²) in [5.74, 6) is -5.21. The Labute approximate surface area is 248 Å². The number of H-pyrrole nitrogens is 1. The third-order valence-electron chi connectivity index (χ3n) is 6.65. The Hall–Kier alpha value is -4.50. The maximum atomic E-state index is 13.3. The Kier molecular flexibility index (Phi) is 13.1. The fraction of sp³-hybridized carbons (Fsp3) is 0.500. The summed E-state index contributed by atoms with van der Waals surface area (Å²) in [6.07, 6.45) is 1.35. The number of nitrogens with two attached hydrogens (primary N) is 2. The molecule has 1 aromatic carbocycles. The van der Waals surface area contributed by atoms with E-state index < -0.39 is 72.3 Å². The van der Waals surface area contributed by atoms with Crippen LogP contribution in [0.25, 0.3) is 10.9 Å². The number of hydrogen-bond acceptors (Lipinski definition) is 8. The molecule has 0 saturated carbocycles. The van der Waals surface area contributed by atoms with Crippen molar-refractivity contribution in [2.75, 3.05) is 6.61 Å². The number of para-hydroxylation sites is 1. The molecule has 5 amide bonds. The quantitative estimate of drug-likeness (QED) is 0.101. The highest BCUT2D eigenvalue weighted by atomic mass is 16.4. The highest BCUT2D eigenvalue weighted by molar-refractivity contribution is 5.96. The maximum Gasteiger partial charge on any atom is 0.326 e. The number of benzene rings is 1. The third-order valence-corrected chi connectivity index (χ3v) is 6.65. The van der Waals surface area contributed by atoms with Crippen molar-refractivity contribution in [1.82, 2.24) is 26.3 Å². The lowest BCUT2D eigenvalue weighted by Gasteiger charge is -2.25. The fourth-order valence-corrected chi connectivity index (χ4v) is 4.29. The first kappa shape index (κ1) is 34.7. The average Bonchev–Trinajstić information content (AvgIpc) is 3.35. The number of rotatable bonds is 17. The minimum absolute atomic E-state index is 0.0180. The van der Waals surface area contributed by atoms with E-state index in [4.69, 9.17) is 11.5 Å². The second-order valence-corrected chi connectivity index (χ2v) is 10.7. The molecule has 1 aromatic heterocycles. The zero-order chi connectivity index (χ0) is 32.3. The van der Waals surface area contributed by atoms with Gasteiger partial charge in [-0.15, -0.1) is 0 Å². The largest absolute Gasteiger partial charge is 0.480 e. The number of hydrogen-bond donors (Lipinski definition) is 9. The first-order valence-corrected chi connectivity index (χ1v) is 13.9. The number of aromatic nitrogens is 1. The topological polar surface area (TPSA) is 259 Å². The van der Waals surface area contributed by atoms with Crippen LogP contribution < -0.4 is 32.7 Å². The smallest absolute Gasteiger partial charge is 0.326 e. The van der Waals surface area contributed by atoms with Crippen LogP contribution in [-0.2, 0) is 35.2 Å². The summed E-state index contributed by atoms with van der Waals surface area (Å²) in [6, 6.07) is 1.07. The van der Waals surface area contributed by atoms with Crippen molar-refractivity contribution in [3.8, 4) is 0 Å². The lowest BCUT2D eigenvalue weighted by atomic mass is 10.0. The number of nitrogens with one attached hydrogen (secondary N) is 5. The molecule has 0 spiro atoms. The number of carbonyl (C=O) groups is 6. The Balaban J connectivity index is 2.19. The number of carbonyl (C=O) groups excluding carboxylic acids is 5. The van der Waals surface area contributed by atoms with Crippen LogP contribution in [0.3, 0.4) is 0 Å². The highest BCUT2D eigenvalue weighted by Gasteiger charge is 2.31. The molecule has 0 radical (unpaired) electrons. The summed E-state index contributed by atoms with van der Waals surface area (Å²) in [7, 11) is 0. The first-order valence-electron chi connectivity index (χ1n) is 13.9. The van der Waals surface area contributed by atoms with Gasteiger partial charge in [-0.05, 0) is 37.3 Å². The van der Waals surface area contributed by atoms with Crippen molar-refractivity contribution >= 4 is 46.4 Å². The molecular weight excluding hydrogens is 562 g/mol. The van der Waals surface area contributed by atoms with Gasteiger partial charge in [0.05, 0.1) is 6.61 Å². The molecule has 0 unspecified atom stereocenters. The Bertz CT molecular complexity index is 1310. The molecule has 2 aromatic rings. The number of aliphatic hydroxyl groups is 1. The van der Waals surface area contributed by atoms with Crippen molar-refractivity contribution in [3.05, 3.63) is 36.0 Å². The number of aromatic amines is 1. The predicted octanol–water partition coefficient (Wildman–Crippen LogP) is -1.61. The Morgan fingerprint density at radius 3 is 2.07 bits per heavy atom. The van der Waals surface area contributed by atoms with Gasteiger partial charge in [-0.3, -0.25) is 24.0 Å². The van der Waals surface area contributed by atoms with E-state index in [1.54, 1.807) is 20.0 Å². The molecular formula is C28H41N7O8. The standard InChI is InChI=1S/C28H41N7O8/c1-14(2)10-22(28(42)43)35-26(40)20(8-9-23(30)37)33-24(38)15(3)32-27(41)21(34-25(39)18(29)13-36)11-16-12-31-19-7-5-4-6-17(16)19/h4-7,12,14-15,18,20-22,31,36H,8-11,13,29H2,1-3H3,(H2,30,37)(H,32,41)(H,33,38)(H,34,39)(H,35,40)(H,42,43)/t15-,18-,20-,21-,22-/m0/s1. The number of aliphatic hydroxyl groups excluding tert-OH is 1. The molecule has 43 heavy (non-hydrogen) atoms. The molecule has 15 nitrogen and oxygen atoms in total. The number of carboxylic acid groups (broad SMARTS) is 1. The number of primary amides is 1. The zero-order valence-electron chi connectivity index (χ0n) is 24.4. The van der Waals surface area contributed by atoms with Gasteiger partial charge in [-0.25, -0.2) is 4.79 Å². The normalized spacial score (nSPS) is 14.7. The van der Waals surface area contributed by atoms with Gasteiger partial charge in [0, 0.05) is 29.9 Å². The SMILES string of the molecule is CC(C)C[C@H](NC(=O)[C@H](CCC(N)=O)NC(=O)[C@H](C)NC(=O)[C@H](Cc1c[nH]c2ccccc12)NC(=O)[C@@H](N)CO)C(=O)O. The van der Waals surface area contributed by atoms with E-state index in [2.05, 4.69) is 26.3 Å². The van der Waals surface area contributed by atoms with Crippen LogP contribution in [0.4, 0.5) is 0 Å². The molecule has 1 heterocycles. The van der Waals surface area contributed by atoms with Crippen LogP contribution in [0, 0.1) is 5.92 Å². The van der Waals surface area contributed by atoms with Crippen molar-refractivity contribution in [1.29, 1.82) is 0 Å². The lowest BCUT2D eigenvalue weighted by Crippen LogP contribution is -2.58. The summed E-state index contributed by atoms with van der Waals surface area (Å²) in [4.78, 5) is 77.8. The summed E-state index contributed by atoms with van der Waals surface area (Å²) >= 11 is 0. The van der Waals surface area contributed by atoms with E-state index in [0.717, 1.165) is 10.9 Å². The monoisotopic (exact) mass is 603 g/mol. The van der Waals surface area contributed by atoms with Gasteiger partial charge in [0.15, 0.2) is 0 Å². The van der Waals surface area contributed by atoms with Crippen molar-refractivity contribution < 1.29 is 39.0 Å². The van der Waals surface area contributed by atoms with E-state index in [1.165, 1.54) is 6.92 Å². The van der Waals surface area contributed by atoms with Crippen LogP contribution in [0.15, 0.2) is 30.5 Å². The number of amides is 5. The molecule has 0 aliphatic carbocycles. The Morgan fingerprint density at radius 1 is 0.860 bits per heavy atom. The first-order chi connectivity index (χ1) is 20.2. The van der Waals surface area contributed by atoms with E-state index in [1.807, 2.05) is 24.3 Å². The molecule has 0 aliphatic heterocycles. The molecule has 236 valence electrons. The molecule has 5 atom stereocenters. The molecule has 0 fully saturated rings. The second-order valence-electron chi connectivity index (χ2n) is 10.7. The fourth-order valence-electron chi connectivity index (χ4n) is 4.29. The van der Waals surface area contributed by atoms with Crippen molar-refractivity contribution in [2.24, 2.45) is 17.4 Å². The molecule has 0 bridgehead atoms. The molecule has 0 saturated heterocycles. The van der Waals surface area contributed by atoms with Gasteiger partial charge >= 0.3 is 5.97 Å². The zero-order valence-corrected chi connectivity index (χ0v) is 24.4. The maximum absolute atomic E-state index is 13.3. The van der Waals surface area contributed by atoms with Gasteiger partial charge in [-0.2, -0.15) is 0 Å². The van der Waals surface area contributed by atoms with Crippen molar-refractivity contribution in [2.45, 2.75) is 76.7 Å². The van der Waals surface area contributed by atoms with E-state index in [0.29, 0.717) is 5.56 Å². The van der Waals surface area contributed by atoms with Crippen LogP contribution in [-0.4, -0.2) is 87.5 Å². The van der Waals surface area contributed by atoms with E-state index in [-0.39, 0.29) is 31.6 Å². The average molecular weight is 604 g/mol. The van der Waals surface area contributed by atoms with Gasteiger partial charge in [-0.1, -0.05) is 32.0 Å². The predicted molar refractivity (Wildman–Crippen MR) is 156 cm³/mol. The number of fused-ring (bicyclic) bond motifs is 1. The van der Waals surface area contributed by atoms with Crippen LogP contribution in [0.2, 0.25) is 0 Å². The minimum Gasteiger partial charge on any atom is -0.480 e. The van der Waals surface area contributed by atoms with E-state index >= 15 is 0 Å². The third kappa shape index (κ3) is 10.7. The summed E-state index contributed by atoms with van der Waals surface area (Å²) in [6.45, 7) is 4.26. The van der Waals surface area contributed by atoms with Gasteiger partial charge in [0.1, 0.15) is 30.2 Å². The van der Waals surface area contributed by atoms with Gasteiger partial charge < -0.3 is 47.9 Å². The van der Waals surface area contributed by atoms with Gasteiger partial charge in [0.25, 0.3) is 0 Å². The van der Waals surface area contributed by atoms with Crippen LogP contribution in [0.1, 0.15) is 45.6 Å². The minimum atomic E-state index is -1.32. The lowest BCUT2D eigenvalue weighted by molar-refractivity contribution is -0.143. The Morgan fingerprint density at radius 2 is 1.47 bits per heavy atom. The number of carboxylic acids is 1. The molecule has 2 rings (SSSR count). The van der Waals surface area contributed by atoms with E-state index in [9.17, 15) is 39.0 Å². The molecule has 15 heteroatoms. The highest BCUT2D eigenvalue weighted by Crippen LogP contribution is 2.19. The summed E-state index contributed by atoms with van der Waals surface area (Å²) < 4.78 is 0. The van der Waals surface area contributed by atoms with Crippen LogP contribution in [0.5, 0.6) is 0 Å². The van der Waals surface area contributed by atoms with Crippen molar-refractivity contribution in [3.63, 3.8) is 0 Å². The van der Waals surface area contributed by atoms with Gasteiger partial charge in [0.2, 0.25) is 29.5 Å². The summed E-state index contributed by atoms with van der Waals surface area (Å²) in [5, 5.41) is 29.4. The number of aliphatic carboxylic acids is 1.